The lowest BCUT2D eigenvalue weighted by Gasteiger charge is -2.57. The van der Waals surface area contributed by atoms with Crippen LogP contribution in [0, 0.1) is 51.8 Å². The SMILES string of the molecule is CC(COC(=O)C12CC3CC(C1)C(O)C(C3)C2)(COC(=O)C12CC3CC(C1)C(O)C(C3)C2)C(=O)OCC(F)(F)S(=O)(=O)O. The minimum absolute atomic E-state index is 0.0300. The van der Waals surface area contributed by atoms with E-state index in [1.165, 1.54) is 6.92 Å². The summed E-state index contributed by atoms with van der Waals surface area (Å²) in [6, 6.07) is 0. The number of aliphatic hydroxyl groups excluding tert-OH is 2. The molecule has 0 amide bonds. The zero-order valence-electron chi connectivity index (χ0n) is 24.1. The van der Waals surface area contributed by atoms with E-state index in [9.17, 15) is 41.8 Å². The Morgan fingerprint density at radius 2 is 1.09 bits per heavy atom. The standard InChI is InChI=1S/C29H40F2O11S/c1-26(23(34)42-14-29(30,31)43(37,38)39,12-40-24(35)27-6-15-2-17(8-27)21(32)18(3-15)9-27)13-41-25(36)28-7-16-4-19(10-28)22(33)20(5-16)11-28/h15-22,32-33H,2-14H2,1H3,(H,37,38,39). The fourth-order valence-corrected chi connectivity index (χ4v) is 10.0. The minimum atomic E-state index is -5.88. The smallest absolute Gasteiger partial charge is 0.402 e. The lowest BCUT2D eigenvalue weighted by Crippen LogP contribution is -2.57. The Hall–Kier alpha value is -1.90. The van der Waals surface area contributed by atoms with Gasteiger partial charge in [0.15, 0.2) is 6.61 Å². The molecule has 8 aliphatic rings. The highest BCUT2D eigenvalue weighted by Crippen LogP contribution is 2.61. The third-order valence-electron chi connectivity index (χ3n) is 11.6. The van der Waals surface area contributed by atoms with Crippen LogP contribution in [0.2, 0.25) is 0 Å². The van der Waals surface area contributed by atoms with E-state index in [4.69, 9.17) is 14.0 Å². The average molecular weight is 635 g/mol. The first-order valence-corrected chi connectivity index (χ1v) is 16.6. The zero-order chi connectivity index (χ0) is 31.2. The maximum absolute atomic E-state index is 13.9. The Morgan fingerprint density at radius 1 is 0.721 bits per heavy atom. The average Bonchev–Trinajstić information content (AvgIpc) is 2.93. The molecule has 0 aromatic heterocycles. The Bertz CT molecular complexity index is 1190. The molecule has 8 bridgehead atoms. The summed E-state index contributed by atoms with van der Waals surface area (Å²) in [4.78, 5) is 40.2. The fraction of sp³-hybridized carbons (Fsp3) is 0.897. The monoisotopic (exact) mass is 634 g/mol. The van der Waals surface area contributed by atoms with Gasteiger partial charge < -0.3 is 24.4 Å². The molecule has 8 fully saturated rings. The Balaban J connectivity index is 1.16. The van der Waals surface area contributed by atoms with Crippen LogP contribution in [-0.4, -0.2) is 78.4 Å². The first kappa shape index (κ1) is 31.1. The molecule has 8 rings (SSSR count). The summed E-state index contributed by atoms with van der Waals surface area (Å²) >= 11 is 0. The molecule has 0 radical (unpaired) electrons. The molecule has 4 atom stereocenters. The highest BCUT2D eigenvalue weighted by atomic mass is 32.2. The molecule has 11 nitrogen and oxygen atoms in total. The van der Waals surface area contributed by atoms with Crippen LogP contribution in [0.5, 0.6) is 0 Å². The summed E-state index contributed by atoms with van der Waals surface area (Å²) in [5, 5.41) is 16.3. The molecular weight excluding hydrogens is 594 g/mol. The van der Waals surface area contributed by atoms with Gasteiger partial charge in [-0.15, -0.1) is 0 Å². The molecule has 0 aromatic carbocycles. The van der Waals surface area contributed by atoms with Gasteiger partial charge in [0.1, 0.15) is 18.6 Å². The molecular formula is C29H40F2O11S. The zero-order valence-corrected chi connectivity index (χ0v) is 24.9. The van der Waals surface area contributed by atoms with Crippen LogP contribution >= 0.6 is 0 Å². The van der Waals surface area contributed by atoms with Crippen molar-refractivity contribution in [2.75, 3.05) is 19.8 Å². The number of hydrogen-bond donors (Lipinski definition) is 3. The second kappa shape index (κ2) is 10.3. The minimum Gasteiger partial charge on any atom is -0.464 e. The topological polar surface area (TPSA) is 174 Å². The predicted octanol–water partition coefficient (Wildman–Crippen LogP) is 2.48. The number of carbonyl (C=O) groups excluding carboxylic acids is 3. The van der Waals surface area contributed by atoms with E-state index in [-0.39, 0.29) is 35.5 Å². The number of alkyl halides is 2. The highest BCUT2D eigenvalue weighted by Gasteiger charge is 2.61. The van der Waals surface area contributed by atoms with Gasteiger partial charge >= 0.3 is 33.3 Å². The van der Waals surface area contributed by atoms with Crippen molar-refractivity contribution in [3.8, 4) is 0 Å². The van der Waals surface area contributed by atoms with Crippen molar-refractivity contribution in [1.82, 2.24) is 0 Å². The van der Waals surface area contributed by atoms with Crippen molar-refractivity contribution in [2.45, 2.75) is 88.6 Å². The number of carbonyl (C=O) groups is 3. The summed E-state index contributed by atoms with van der Waals surface area (Å²) in [5.41, 5.74) is -3.64. The maximum atomic E-state index is 13.9. The molecule has 43 heavy (non-hydrogen) atoms. The van der Waals surface area contributed by atoms with Crippen molar-refractivity contribution in [2.24, 2.45) is 51.8 Å². The molecule has 14 heteroatoms. The van der Waals surface area contributed by atoms with Gasteiger partial charge in [-0.3, -0.25) is 18.9 Å². The first-order valence-electron chi connectivity index (χ1n) is 15.2. The van der Waals surface area contributed by atoms with Gasteiger partial charge in [0.05, 0.1) is 23.0 Å². The molecule has 4 unspecified atom stereocenters. The van der Waals surface area contributed by atoms with Crippen LogP contribution in [0.15, 0.2) is 0 Å². The van der Waals surface area contributed by atoms with Gasteiger partial charge in [-0.05, 0) is 107 Å². The van der Waals surface area contributed by atoms with E-state index in [1.54, 1.807) is 0 Å². The molecule has 242 valence electrons. The summed E-state index contributed by atoms with van der Waals surface area (Å²) in [6.07, 6.45) is 5.28. The summed E-state index contributed by atoms with van der Waals surface area (Å²) in [6.45, 7) is -2.13. The molecule has 0 saturated heterocycles. The van der Waals surface area contributed by atoms with Gasteiger partial charge in [0.2, 0.25) is 0 Å². The Labute approximate surface area is 248 Å². The molecule has 0 aromatic rings. The van der Waals surface area contributed by atoms with E-state index in [0.717, 1.165) is 25.7 Å². The molecule has 0 heterocycles. The van der Waals surface area contributed by atoms with Crippen LogP contribution in [0.1, 0.15) is 71.1 Å². The normalized spacial score (nSPS) is 42.4. The lowest BCUT2D eigenvalue weighted by atomic mass is 9.48. The Kier molecular flexibility index (Phi) is 7.46. The van der Waals surface area contributed by atoms with Crippen molar-refractivity contribution >= 4 is 28.0 Å². The lowest BCUT2D eigenvalue weighted by molar-refractivity contribution is -0.196. The van der Waals surface area contributed by atoms with Gasteiger partial charge in [0, 0.05) is 0 Å². The number of esters is 3. The third-order valence-corrected chi connectivity index (χ3v) is 12.5. The van der Waals surface area contributed by atoms with E-state index >= 15 is 0 Å². The molecule has 8 saturated carbocycles. The van der Waals surface area contributed by atoms with E-state index in [2.05, 4.69) is 4.74 Å². The van der Waals surface area contributed by atoms with Gasteiger partial charge in [-0.1, -0.05) is 0 Å². The van der Waals surface area contributed by atoms with Crippen molar-refractivity contribution in [3.05, 3.63) is 0 Å². The van der Waals surface area contributed by atoms with Crippen LogP contribution in [-0.2, 0) is 38.7 Å². The summed E-state index contributed by atoms with van der Waals surface area (Å²) < 4.78 is 74.6. The number of ether oxygens (including phenoxy) is 3. The third kappa shape index (κ3) is 5.27. The van der Waals surface area contributed by atoms with Crippen molar-refractivity contribution in [1.29, 1.82) is 0 Å². The number of hydrogen-bond acceptors (Lipinski definition) is 10. The van der Waals surface area contributed by atoms with Crippen LogP contribution in [0.3, 0.4) is 0 Å². The van der Waals surface area contributed by atoms with Crippen LogP contribution in [0.4, 0.5) is 8.78 Å². The highest BCUT2D eigenvalue weighted by molar-refractivity contribution is 7.86. The fourth-order valence-electron chi connectivity index (χ4n) is 9.81. The quantitative estimate of drug-likeness (QED) is 0.183. The van der Waals surface area contributed by atoms with E-state index < -0.39 is 81.6 Å². The largest absolute Gasteiger partial charge is 0.464 e. The summed E-state index contributed by atoms with van der Waals surface area (Å²) in [5.74, 6) is -2.13. The summed E-state index contributed by atoms with van der Waals surface area (Å²) in [7, 11) is -5.88. The van der Waals surface area contributed by atoms with Gasteiger partial charge in [-0.2, -0.15) is 17.2 Å². The van der Waals surface area contributed by atoms with Crippen LogP contribution in [0.25, 0.3) is 0 Å². The molecule has 8 aliphatic carbocycles. The maximum Gasteiger partial charge on any atom is 0.402 e. The molecule has 0 aliphatic heterocycles. The predicted molar refractivity (Wildman–Crippen MR) is 141 cm³/mol. The first-order chi connectivity index (χ1) is 20.0. The second-order valence-corrected chi connectivity index (χ2v) is 16.4. The second-order valence-electron chi connectivity index (χ2n) is 14.9. The van der Waals surface area contributed by atoms with E-state index in [0.29, 0.717) is 38.5 Å². The van der Waals surface area contributed by atoms with Crippen LogP contribution < -0.4 is 0 Å². The van der Waals surface area contributed by atoms with Gasteiger partial charge in [0.25, 0.3) is 0 Å². The van der Waals surface area contributed by atoms with Crippen molar-refractivity contribution < 1.29 is 60.6 Å². The number of rotatable bonds is 10. The van der Waals surface area contributed by atoms with E-state index in [1.807, 2.05) is 0 Å². The number of halogens is 2. The van der Waals surface area contributed by atoms with Gasteiger partial charge in [-0.25, -0.2) is 0 Å². The van der Waals surface area contributed by atoms with Crippen molar-refractivity contribution in [3.63, 3.8) is 0 Å². The molecule has 0 spiro atoms. The Morgan fingerprint density at radius 3 is 1.44 bits per heavy atom. The molecule has 3 N–H and O–H groups in total. The number of aliphatic hydroxyl groups is 2.